The number of benzene rings is 1. The van der Waals surface area contributed by atoms with E-state index in [1.54, 1.807) is 0 Å². The van der Waals surface area contributed by atoms with Crippen LogP contribution in [0.4, 0.5) is 5.88 Å². The molecule has 1 unspecified atom stereocenters. The molecule has 1 atom stereocenters. The van der Waals surface area contributed by atoms with Gasteiger partial charge in [0.1, 0.15) is 0 Å². The van der Waals surface area contributed by atoms with Crippen LogP contribution in [0.3, 0.4) is 0 Å². The molecule has 2 N–H and O–H groups in total. The molecule has 0 amide bonds. The van der Waals surface area contributed by atoms with Crippen molar-refractivity contribution in [1.29, 1.82) is 0 Å². The zero-order valence-corrected chi connectivity index (χ0v) is 12.6. The molecular formula is C17H24N2O. The van der Waals surface area contributed by atoms with Gasteiger partial charge in [-0.3, -0.25) is 0 Å². The van der Waals surface area contributed by atoms with Crippen LogP contribution < -0.4 is 5.73 Å². The summed E-state index contributed by atoms with van der Waals surface area (Å²) in [5, 5.41) is 4.24. The van der Waals surface area contributed by atoms with Gasteiger partial charge in [0.25, 0.3) is 0 Å². The summed E-state index contributed by atoms with van der Waals surface area (Å²) in [5.41, 5.74) is 10.3. The molecule has 2 rings (SSSR count). The van der Waals surface area contributed by atoms with Crippen molar-refractivity contribution in [2.45, 2.75) is 52.4 Å². The third-order valence-corrected chi connectivity index (χ3v) is 3.87. The molecule has 0 aliphatic heterocycles. The predicted octanol–water partition coefficient (Wildman–Crippen LogP) is 4.92. The maximum absolute atomic E-state index is 6.00. The van der Waals surface area contributed by atoms with E-state index in [-0.39, 0.29) is 0 Å². The van der Waals surface area contributed by atoms with Gasteiger partial charge in [-0.25, -0.2) is 0 Å². The number of hydrogen-bond donors (Lipinski definition) is 1. The fraction of sp³-hybridized carbons (Fsp3) is 0.471. The Morgan fingerprint density at radius 2 is 1.90 bits per heavy atom. The van der Waals surface area contributed by atoms with Gasteiger partial charge in [-0.15, -0.1) is 0 Å². The molecule has 0 bridgehead atoms. The lowest BCUT2D eigenvalue weighted by atomic mass is 9.90. The largest absolute Gasteiger partial charge is 0.367 e. The van der Waals surface area contributed by atoms with Crippen LogP contribution in [0, 0.1) is 6.92 Å². The average Bonchev–Trinajstić information content (AvgIpc) is 2.83. The van der Waals surface area contributed by atoms with Gasteiger partial charge < -0.3 is 10.3 Å². The summed E-state index contributed by atoms with van der Waals surface area (Å²) in [6, 6.07) is 8.37. The fourth-order valence-electron chi connectivity index (χ4n) is 2.59. The molecule has 3 heteroatoms. The number of anilines is 1. The fourth-order valence-corrected chi connectivity index (χ4v) is 2.59. The highest BCUT2D eigenvalue weighted by molar-refractivity contribution is 5.75. The smallest absolute Gasteiger partial charge is 0.230 e. The van der Waals surface area contributed by atoms with Crippen molar-refractivity contribution >= 4 is 5.88 Å². The number of aromatic nitrogens is 1. The predicted molar refractivity (Wildman–Crippen MR) is 83.6 cm³/mol. The van der Waals surface area contributed by atoms with Crippen LogP contribution in [0.25, 0.3) is 11.1 Å². The molecule has 0 spiro atoms. The molecule has 0 saturated carbocycles. The number of rotatable bonds is 6. The molecule has 0 radical (unpaired) electrons. The van der Waals surface area contributed by atoms with E-state index >= 15 is 0 Å². The van der Waals surface area contributed by atoms with Crippen molar-refractivity contribution in [3.63, 3.8) is 0 Å². The summed E-state index contributed by atoms with van der Waals surface area (Å²) in [6.07, 6.45) is 4.60. The second kappa shape index (κ2) is 6.60. The highest BCUT2D eigenvalue weighted by Gasteiger charge is 2.22. The summed E-state index contributed by atoms with van der Waals surface area (Å²) >= 11 is 0. The maximum Gasteiger partial charge on any atom is 0.230 e. The second-order valence-corrected chi connectivity index (χ2v) is 5.42. The third kappa shape index (κ3) is 3.03. The van der Waals surface area contributed by atoms with Crippen LogP contribution in [0.5, 0.6) is 0 Å². The zero-order valence-electron chi connectivity index (χ0n) is 12.6. The van der Waals surface area contributed by atoms with E-state index in [1.165, 1.54) is 18.4 Å². The Labute approximate surface area is 121 Å². The lowest BCUT2D eigenvalue weighted by Gasteiger charge is -2.13. The SMILES string of the molecule is CCCCC(CC)c1noc(N)c1-c1ccc(C)cc1. The second-order valence-electron chi connectivity index (χ2n) is 5.42. The standard InChI is InChI=1S/C17H24N2O/c1-4-6-7-13(5-2)16-15(17(18)20-19-16)14-10-8-12(3)9-11-14/h8-11,13H,4-7,18H2,1-3H3. The first-order valence-electron chi connectivity index (χ1n) is 7.49. The minimum Gasteiger partial charge on any atom is -0.367 e. The van der Waals surface area contributed by atoms with Crippen LogP contribution in [-0.2, 0) is 0 Å². The van der Waals surface area contributed by atoms with Gasteiger partial charge in [-0.2, -0.15) is 0 Å². The number of nitrogen functional groups attached to an aromatic ring is 1. The molecule has 108 valence electrons. The first-order valence-corrected chi connectivity index (χ1v) is 7.49. The number of nitrogens with two attached hydrogens (primary N) is 1. The monoisotopic (exact) mass is 272 g/mol. The van der Waals surface area contributed by atoms with Crippen molar-refractivity contribution in [1.82, 2.24) is 5.16 Å². The van der Waals surface area contributed by atoms with Crippen LogP contribution in [0.15, 0.2) is 28.8 Å². The van der Waals surface area contributed by atoms with Gasteiger partial charge in [0.2, 0.25) is 5.88 Å². The van der Waals surface area contributed by atoms with E-state index in [1.807, 2.05) is 0 Å². The molecular weight excluding hydrogens is 248 g/mol. The molecule has 0 fully saturated rings. The number of hydrogen-bond acceptors (Lipinski definition) is 3. The van der Waals surface area contributed by atoms with E-state index < -0.39 is 0 Å². The summed E-state index contributed by atoms with van der Waals surface area (Å²) < 4.78 is 5.27. The summed E-state index contributed by atoms with van der Waals surface area (Å²) in [6.45, 7) is 6.49. The molecule has 0 saturated heterocycles. The van der Waals surface area contributed by atoms with Crippen molar-refractivity contribution in [2.24, 2.45) is 0 Å². The Kier molecular flexibility index (Phi) is 4.83. The highest BCUT2D eigenvalue weighted by atomic mass is 16.5. The van der Waals surface area contributed by atoms with Crippen LogP contribution in [-0.4, -0.2) is 5.16 Å². The Morgan fingerprint density at radius 1 is 1.20 bits per heavy atom. The summed E-state index contributed by atoms with van der Waals surface area (Å²) in [4.78, 5) is 0. The Balaban J connectivity index is 2.37. The minimum absolute atomic E-state index is 0.423. The summed E-state index contributed by atoms with van der Waals surface area (Å²) in [5.74, 6) is 0.853. The van der Waals surface area contributed by atoms with Gasteiger partial charge in [0.05, 0.1) is 11.3 Å². The molecule has 20 heavy (non-hydrogen) atoms. The normalized spacial score (nSPS) is 12.6. The van der Waals surface area contributed by atoms with E-state index in [4.69, 9.17) is 10.3 Å². The van der Waals surface area contributed by atoms with Crippen molar-refractivity contribution in [3.05, 3.63) is 35.5 Å². The van der Waals surface area contributed by atoms with Gasteiger partial charge in [-0.1, -0.05) is 61.7 Å². The minimum atomic E-state index is 0.423. The Hall–Kier alpha value is -1.77. The third-order valence-electron chi connectivity index (χ3n) is 3.87. The zero-order chi connectivity index (χ0) is 14.5. The van der Waals surface area contributed by atoms with E-state index in [2.05, 4.69) is 50.2 Å². The van der Waals surface area contributed by atoms with Crippen molar-refractivity contribution in [2.75, 3.05) is 5.73 Å². The molecule has 0 aliphatic carbocycles. The first-order chi connectivity index (χ1) is 9.67. The molecule has 2 aromatic rings. The van der Waals surface area contributed by atoms with Gasteiger partial charge in [0.15, 0.2) is 0 Å². The molecule has 1 aromatic carbocycles. The van der Waals surface area contributed by atoms with Crippen LogP contribution in [0.2, 0.25) is 0 Å². The van der Waals surface area contributed by atoms with E-state index in [0.717, 1.165) is 29.7 Å². The lowest BCUT2D eigenvalue weighted by molar-refractivity contribution is 0.412. The lowest BCUT2D eigenvalue weighted by Crippen LogP contribution is -2.00. The van der Waals surface area contributed by atoms with Gasteiger partial charge in [0, 0.05) is 5.92 Å². The topological polar surface area (TPSA) is 52.0 Å². The number of unbranched alkanes of at least 4 members (excludes halogenated alkanes) is 1. The van der Waals surface area contributed by atoms with Crippen molar-refractivity contribution < 1.29 is 4.52 Å². The van der Waals surface area contributed by atoms with Crippen LogP contribution >= 0.6 is 0 Å². The first kappa shape index (κ1) is 14.6. The van der Waals surface area contributed by atoms with Crippen molar-refractivity contribution in [3.8, 4) is 11.1 Å². The van der Waals surface area contributed by atoms with Gasteiger partial charge in [-0.05, 0) is 25.3 Å². The maximum atomic E-state index is 6.00. The van der Waals surface area contributed by atoms with E-state index in [0.29, 0.717) is 11.8 Å². The average molecular weight is 272 g/mol. The quantitative estimate of drug-likeness (QED) is 0.812. The molecule has 1 heterocycles. The molecule has 3 nitrogen and oxygen atoms in total. The molecule has 0 aliphatic rings. The number of aryl methyl sites for hydroxylation is 1. The van der Waals surface area contributed by atoms with E-state index in [9.17, 15) is 0 Å². The Morgan fingerprint density at radius 3 is 2.50 bits per heavy atom. The Bertz CT molecular complexity index is 543. The molecule has 1 aromatic heterocycles. The summed E-state index contributed by atoms with van der Waals surface area (Å²) in [7, 11) is 0. The highest BCUT2D eigenvalue weighted by Crippen LogP contribution is 2.37. The number of nitrogens with zero attached hydrogens (tertiary/aromatic N) is 1. The van der Waals surface area contributed by atoms with Gasteiger partial charge >= 0.3 is 0 Å². The van der Waals surface area contributed by atoms with Crippen LogP contribution in [0.1, 0.15) is 56.7 Å².